The second-order valence-electron chi connectivity index (χ2n) is 5.58. The highest BCUT2D eigenvalue weighted by atomic mass is 19.1. The molecule has 0 fully saturated rings. The zero-order valence-corrected chi connectivity index (χ0v) is 12.9. The molecule has 8 nitrogen and oxygen atoms in total. The summed E-state index contributed by atoms with van der Waals surface area (Å²) in [5, 5.41) is 28.4. The molecule has 3 rings (SSSR count). The number of anilines is 1. The van der Waals surface area contributed by atoms with Crippen molar-refractivity contribution < 1.29 is 23.7 Å². The number of aryl methyl sites for hydroxylation is 1. The van der Waals surface area contributed by atoms with Crippen molar-refractivity contribution in [3.63, 3.8) is 0 Å². The molecule has 2 unspecified atom stereocenters. The first kappa shape index (κ1) is 16.1. The van der Waals surface area contributed by atoms with Crippen LogP contribution in [0, 0.1) is 15.9 Å². The summed E-state index contributed by atoms with van der Waals surface area (Å²) in [6, 6.07) is 3.48. The van der Waals surface area contributed by atoms with Crippen molar-refractivity contribution in [1.82, 2.24) is 5.16 Å². The van der Waals surface area contributed by atoms with Gasteiger partial charge in [0.25, 0.3) is 5.91 Å². The van der Waals surface area contributed by atoms with E-state index in [1.54, 1.807) is 6.92 Å². The molecule has 0 aliphatic carbocycles. The molecule has 1 aromatic heterocycles. The second kappa shape index (κ2) is 5.38. The molecule has 0 radical (unpaired) electrons. The van der Waals surface area contributed by atoms with Crippen molar-refractivity contribution in [2.45, 2.75) is 31.8 Å². The summed E-state index contributed by atoms with van der Waals surface area (Å²) in [6.45, 7) is 3.06. The highest BCUT2D eigenvalue weighted by Crippen LogP contribution is 2.47. The number of fused-ring (bicyclic) bond motifs is 1. The van der Waals surface area contributed by atoms with Gasteiger partial charge in [0.1, 0.15) is 5.82 Å². The Labute approximate surface area is 135 Å². The lowest BCUT2D eigenvalue weighted by molar-refractivity contribution is -0.387. The van der Waals surface area contributed by atoms with Crippen molar-refractivity contribution in [2.24, 2.45) is 0 Å². The number of nitro groups is 1. The Hall–Kier alpha value is -2.81. The summed E-state index contributed by atoms with van der Waals surface area (Å²) in [6.07, 6.45) is 0.252. The SMILES string of the molecule is CCc1noc(C(C)C2(O)C(=O)Nc3ccc(F)cc32)c1[N+](=O)[O-]. The normalized spacial score (nSPS) is 20.6. The molecule has 1 aliphatic rings. The zero-order valence-electron chi connectivity index (χ0n) is 12.9. The number of aromatic nitrogens is 1. The Kier molecular flexibility index (Phi) is 3.60. The first-order valence-corrected chi connectivity index (χ1v) is 7.27. The largest absolute Gasteiger partial charge is 0.375 e. The van der Waals surface area contributed by atoms with Crippen LogP contribution in [0.2, 0.25) is 0 Å². The fourth-order valence-electron chi connectivity index (χ4n) is 2.94. The third-order valence-corrected chi connectivity index (χ3v) is 4.28. The average molecular weight is 335 g/mol. The highest BCUT2D eigenvalue weighted by Gasteiger charge is 2.53. The summed E-state index contributed by atoms with van der Waals surface area (Å²) in [5.41, 5.74) is -2.22. The average Bonchev–Trinajstić information content (AvgIpc) is 3.08. The van der Waals surface area contributed by atoms with E-state index in [0.29, 0.717) is 0 Å². The van der Waals surface area contributed by atoms with E-state index in [4.69, 9.17) is 4.52 Å². The number of aliphatic hydroxyl groups is 1. The van der Waals surface area contributed by atoms with Gasteiger partial charge in [-0.1, -0.05) is 19.0 Å². The Morgan fingerprint density at radius 3 is 2.88 bits per heavy atom. The predicted octanol–water partition coefficient (Wildman–Crippen LogP) is 2.23. The smallest absolute Gasteiger partial charge is 0.335 e. The molecule has 2 aromatic rings. The number of nitrogens with zero attached hydrogens (tertiary/aromatic N) is 2. The van der Waals surface area contributed by atoms with Gasteiger partial charge in [0.05, 0.1) is 10.8 Å². The Bertz CT molecular complexity index is 850. The van der Waals surface area contributed by atoms with E-state index in [-0.39, 0.29) is 34.8 Å². The minimum Gasteiger partial charge on any atom is -0.375 e. The van der Waals surface area contributed by atoms with Crippen molar-refractivity contribution in [3.8, 4) is 0 Å². The van der Waals surface area contributed by atoms with Crippen LogP contribution in [0.4, 0.5) is 15.8 Å². The molecular formula is C15H14FN3O5. The zero-order chi connectivity index (χ0) is 17.6. The van der Waals surface area contributed by atoms with Gasteiger partial charge in [-0.2, -0.15) is 0 Å². The number of benzene rings is 1. The maximum atomic E-state index is 13.6. The number of carbonyl (C=O) groups is 1. The van der Waals surface area contributed by atoms with Crippen LogP contribution in [0.25, 0.3) is 0 Å². The maximum absolute atomic E-state index is 13.6. The van der Waals surface area contributed by atoms with Gasteiger partial charge in [-0.15, -0.1) is 0 Å². The van der Waals surface area contributed by atoms with Crippen molar-refractivity contribution in [1.29, 1.82) is 0 Å². The van der Waals surface area contributed by atoms with Gasteiger partial charge in [0, 0.05) is 11.3 Å². The van der Waals surface area contributed by atoms with E-state index >= 15 is 0 Å². The van der Waals surface area contributed by atoms with Crippen LogP contribution in [0.3, 0.4) is 0 Å². The number of amides is 1. The van der Waals surface area contributed by atoms with Gasteiger partial charge >= 0.3 is 5.69 Å². The molecule has 9 heteroatoms. The molecule has 2 heterocycles. The first-order chi connectivity index (χ1) is 11.3. The number of nitrogens with one attached hydrogen (secondary N) is 1. The van der Waals surface area contributed by atoms with Gasteiger partial charge < -0.3 is 14.9 Å². The highest BCUT2D eigenvalue weighted by molar-refractivity contribution is 6.05. The number of hydrogen-bond donors (Lipinski definition) is 2. The second-order valence-corrected chi connectivity index (χ2v) is 5.58. The van der Waals surface area contributed by atoms with E-state index in [1.165, 1.54) is 13.0 Å². The number of halogens is 1. The van der Waals surface area contributed by atoms with E-state index in [9.17, 15) is 24.4 Å². The fourth-order valence-corrected chi connectivity index (χ4v) is 2.94. The van der Waals surface area contributed by atoms with Crippen LogP contribution in [-0.4, -0.2) is 21.1 Å². The summed E-state index contributed by atoms with van der Waals surface area (Å²) < 4.78 is 18.6. The minimum atomic E-state index is -2.20. The molecule has 1 amide bonds. The fraction of sp³-hybridized carbons (Fsp3) is 0.333. The quantitative estimate of drug-likeness (QED) is 0.653. The maximum Gasteiger partial charge on any atom is 0.335 e. The van der Waals surface area contributed by atoms with Gasteiger partial charge in [-0.3, -0.25) is 14.9 Å². The Morgan fingerprint density at radius 2 is 2.25 bits per heavy atom. The van der Waals surface area contributed by atoms with Crippen molar-refractivity contribution >= 4 is 17.3 Å². The van der Waals surface area contributed by atoms with E-state index < -0.39 is 28.2 Å². The number of rotatable bonds is 4. The van der Waals surface area contributed by atoms with Gasteiger partial charge in [0.15, 0.2) is 11.3 Å². The van der Waals surface area contributed by atoms with Crippen LogP contribution in [-0.2, 0) is 16.8 Å². The molecule has 2 atom stereocenters. The molecule has 1 aliphatic heterocycles. The summed E-state index contributed by atoms with van der Waals surface area (Å²) in [4.78, 5) is 23.0. The summed E-state index contributed by atoms with van der Waals surface area (Å²) >= 11 is 0. The van der Waals surface area contributed by atoms with Crippen LogP contribution in [0.1, 0.15) is 36.8 Å². The van der Waals surface area contributed by atoms with Crippen molar-refractivity contribution in [3.05, 3.63) is 51.1 Å². The molecule has 1 aromatic carbocycles. The minimum absolute atomic E-state index is 0.00347. The molecule has 0 bridgehead atoms. The molecule has 126 valence electrons. The summed E-state index contributed by atoms with van der Waals surface area (Å²) in [7, 11) is 0. The predicted molar refractivity (Wildman–Crippen MR) is 79.9 cm³/mol. The monoisotopic (exact) mass is 335 g/mol. The van der Waals surface area contributed by atoms with E-state index in [1.807, 2.05) is 0 Å². The Balaban J connectivity index is 2.16. The number of hydrogen-bond acceptors (Lipinski definition) is 6. The van der Waals surface area contributed by atoms with Gasteiger partial charge in [0.2, 0.25) is 5.76 Å². The topological polar surface area (TPSA) is 118 Å². The lowest BCUT2D eigenvalue weighted by Crippen LogP contribution is -2.39. The summed E-state index contributed by atoms with van der Waals surface area (Å²) in [5.74, 6) is -2.82. The molecule has 0 saturated heterocycles. The third-order valence-electron chi connectivity index (χ3n) is 4.28. The van der Waals surface area contributed by atoms with E-state index in [0.717, 1.165) is 12.1 Å². The molecule has 0 spiro atoms. The van der Waals surface area contributed by atoms with Gasteiger partial charge in [-0.25, -0.2) is 4.39 Å². The van der Waals surface area contributed by atoms with Crippen LogP contribution < -0.4 is 5.32 Å². The molecule has 0 saturated carbocycles. The van der Waals surface area contributed by atoms with Crippen molar-refractivity contribution in [2.75, 3.05) is 5.32 Å². The number of carbonyl (C=O) groups excluding carboxylic acids is 1. The Morgan fingerprint density at radius 1 is 1.54 bits per heavy atom. The first-order valence-electron chi connectivity index (χ1n) is 7.27. The molecule has 24 heavy (non-hydrogen) atoms. The lowest BCUT2D eigenvalue weighted by Gasteiger charge is -2.25. The van der Waals surface area contributed by atoms with E-state index in [2.05, 4.69) is 10.5 Å². The standard InChI is InChI=1S/C15H14FN3O5/c1-3-10-12(19(22)23)13(24-18-10)7(2)15(21)9-6-8(16)4-5-11(9)17-14(15)20/h4-7,21H,3H2,1-2H3,(H,17,20). The van der Waals surface area contributed by atoms with Crippen LogP contribution in [0.5, 0.6) is 0 Å². The third kappa shape index (κ3) is 2.08. The molecular weight excluding hydrogens is 321 g/mol. The lowest BCUT2D eigenvalue weighted by atomic mass is 9.81. The van der Waals surface area contributed by atoms with Gasteiger partial charge in [-0.05, 0) is 24.6 Å². The van der Waals surface area contributed by atoms with Crippen LogP contribution in [0.15, 0.2) is 22.7 Å². The molecule has 2 N–H and O–H groups in total. The van der Waals surface area contributed by atoms with Crippen LogP contribution >= 0.6 is 0 Å².